The molecular weight excluding hydrogens is 216 g/mol. The zero-order chi connectivity index (χ0) is 12.7. The van der Waals surface area contributed by atoms with Crippen molar-refractivity contribution in [2.24, 2.45) is 0 Å². The van der Waals surface area contributed by atoms with Crippen LogP contribution in [-0.4, -0.2) is 31.2 Å². The topological polar surface area (TPSA) is 54.1 Å². The van der Waals surface area contributed by atoms with Gasteiger partial charge in [0.1, 0.15) is 0 Å². The van der Waals surface area contributed by atoms with Crippen molar-refractivity contribution in [2.45, 2.75) is 32.1 Å². The van der Waals surface area contributed by atoms with Crippen LogP contribution in [0.5, 0.6) is 0 Å². The second-order valence-electron chi connectivity index (χ2n) is 4.82. The van der Waals surface area contributed by atoms with E-state index in [1.54, 1.807) is 0 Å². The summed E-state index contributed by atoms with van der Waals surface area (Å²) in [5.41, 5.74) is 1.30. The van der Waals surface area contributed by atoms with Crippen LogP contribution in [0, 0.1) is 0 Å². The van der Waals surface area contributed by atoms with E-state index < -0.39 is 0 Å². The van der Waals surface area contributed by atoms with Gasteiger partial charge in [0.2, 0.25) is 0 Å². The van der Waals surface area contributed by atoms with E-state index in [1.165, 1.54) is 12.8 Å². The minimum atomic E-state index is -0.143. The molecular formula is C13H22N2O2. The summed E-state index contributed by atoms with van der Waals surface area (Å²) in [6.07, 6.45) is 3.23. The molecule has 0 fully saturated rings. The van der Waals surface area contributed by atoms with E-state index in [-0.39, 0.29) is 11.4 Å². The second-order valence-corrected chi connectivity index (χ2v) is 4.82. The third-order valence-corrected chi connectivity index (χ3v) is 2.86. The van der Waals surface area contributed by atoms with Gasteiger partial charge in [-0.2, -0.15) is 0 Å². The number of aromatic nitrogens is 1. The van der Waals surface area contributed by atoms with Crippen LogP contribution in [0.25, 0.3) is 0 Å². The van der Waals surface area contributed by atoms with Crippen molar-refractivity contribution >= 4 is 5.97 Å². The number of ether oxygens (including phenoxy) is 1. The van der Waals surface area contributed by atoms with E-state index in [4.69, 9.17) is 0 Å². The van der Waals surface area contributed by atoms with E-state index in [9.17, 15) is 4.79 Å². The van der Waals surface area contributed by atoms with Gasteiger partial charge in [0.25, 0.3) is 0 Å². The van der Waals surface area contributed by atoms with E-state index in [1.807, 2.05) is 12.3 Å². The molecule has 1 aromatic rings. The summed E-state index contributed by atoms with van der Waals surface area (Å²) in [6.45, 7) is 6.09. The van der Waals surface area contributed by atoms with Gasteiger partial charge in [0.05, 0.1) is 7.11 Å². The van der Waals surface area contributed by atoms with Crippen LogP contribution in [0.2, 0.25) is 0 Å². The number of H-pyrrole nitrogens is 1. The summed E-state index contributed by atoms with van der Waals surface area (Å²) in [4.78, 5) is 14.1. The molecule has 1 heterocycles. The lowest BCUT2D eigenvalue weighted by atomic mass is 9.89. The zero-order valence-corrected chi connectivity index (χ0v) is 10.9. The molecule has 0 spiro atoms. The molecule has 0 atom stereocenters. The average molecular weight is 238 g/mol. The van der Waals surface area contributed by atoms with Crippen LogP contribution in [-0.2, 0) is 14.9 Å². The van der Waals surface area contributed by atoms with Gasteiger partial charge in [-0.05, 0) is 25.1 Å². The van der Waals surface area contributed by atoms with Crippen molar-refractivity contribution in [3.05, 3.63) is 24.0 Å². The Morgan fingerprint density at radius 2 is 2.29 bits per heavy atom. The molecule has 96 valence electrons. The molecule has 0 bridgehead atoms. The maximum Gasteiger partial charge on any atom is 0.305 e. The third-order valence-electron chi connectivity index (χ3n) is 2.86. The SMILES string of the molecule is COC(=O)CCCNCC(C)(C)c1ccc[nH]1. The molecule has 1 aromatic heterocycles. The van der Waals surface area contributed by atoms with Crippen LogP contribution < -0.4 is 5.32 Å². The van der Waals surface area contributed by atoms with Crippen LogP contribution in [0.4, 0.5) is 0 Å². The molecule has 4 heteroatoms. The number of methoxy groups -OCH3 is 1. The van der Waals surface area contributed by atoms with E-state index >= 15 is 0 Å². The van der Waals surface area contributed by atoms with E-state index in [2.05, 4.69) is 35.0 Å². The van der Waals surface area contributed by atoms with Crippen LogP contribution in [0.15, 0.2) is 18.3 Å². The lowest BCUT2D eigenvalue weighted by molar-refractivity contribution is -0.140. The van der Waals surface area contributed by atoms with Gasteiger partial charge in [-0.3, -0.25) is 4.79 Å². The largest absolute Gasteiger partial charge is 0.469 e. The van der Waals surface area contributed by atoms with Crippen molar-refractivity contribution in [3.8, 4) is 0 Å². The van der Waals surface area contributed by atoms with Gasteiger partial charge < -0.3 is 15.0 Å². The number of carbonyl (C=O) groups is 1. The van der Waals surface area contributed by atoms with Crippen LogP contribution in [0.1, 0.15) is 32.4 Å². The highest BCUT2D eigenvalue weighted by atomic mass is 16.5. The molecule has 0 saturated carbocycles. The lowest BCUT2D eigenvalue weighted by Gasteiger charge is -2.24. The first-order valence-electron chi connectivity index (χ1n) is 5.97. The Balaban J connectivity index is 2.20. The van der Waals surface area contributed by atoms with Gasteiger partial charge in [-0.1, -0.05) is 13.8 Å². The first-order chi connectivity index (χ1) is 8.06. The summed E-state index contributed by atoms with van der Waals surface area (Å²) in [5, 5.41) is 3.37. The predicted octanol–water partition coefficient (Wildman–Crippen LogP) is 1.84. The first-order valence-corrected chi connectivity index (χ1v) is 5.97. The van der Waals surface area contributed by atoms with E-state index in [0.29, 0.717) is 6.42 Å². The molecule has 0 aliphatic heterocycles. The summed E-state index contributed by atoms with van der Waals surface area (Å²) in [6, 6.07) is 4.10. The molecule has 0 aliphatic rings. The second kappa shape index (κ2) is 6.45. The predicted molar refractivity (Wildman–Crippen MR) is 67.9 cm³/mol. The fourth-order valence-electron chi connectivity index (χ4n) is 1.71. The standard InChI is InChI=1S/C13H22N2O2/c1-13(2,11-6-4-9-15-11)10-14-8-5-7-12(16)17-3/h4,6,9,14-15H,5,7-8,10H2,1-3H3. The highest BCUT2D eigenvalue weighted by molar-refractivity contribution is 5.69. The zero-order valence-electron chi connectivity index (χ0n) is 10.9. The van der Waals surface area contributed by atoms with Gasteiger partial charge in [0, 0.05) is 30.3 Å². The fraction of sp³-hybridized carbons (Fsp3) is 0.615. The summed E-state index contributed by atoms with van der Waals surface area (Å²) < 4.78 is 4.58. The first kappa shape index (κ1) is 13.8. The number of hydrogen-bond acceptors (Lipinski definition) is 3. The Morgan fingerprint density at radius 1 is 1.53 bits per heavy atom. The number of nitrogens with one attached hydrogen (secondary N) is 2. The Bertz CT molecular complexity index is 331. The number of esters is 1. The normalized spacial score (nSPS) is 11.5. The lowest BCUT2D eigenvalue weighted by Crippen LogP contribution is -2.33. The van der Waals surface area contributed by atoms with Gasteiger partial charge in [0.15, 0.2) is 0 Å². The van der Waals surface area contributed by atoms with Crippen molar-refractivity contribution < 1.29 is 9.53 Å². The van der Waals surface area contributed by atoms with Gasteiger partial charge >= 0.3 is 5.97 Å². The summed E-state index contributed by atoms with van der Waals surface area (Å²) >= 11 is 0. The molecule has 0 amide bonds. The minimum Gasteiger partial charge on any atom is -0.469 e. The van der Waals surface area contributed by atoms with Gasteiger partial charge in [-0.25, -0.2) is 0 Å². The van der Waals surface area contributed by atoms with Crippen molar-refractivity contribution in [1.82, 2.24) is 10.3 Å². The number of hydrogen-bond donors (Lipinski definition) is 2. The smallest absolute Gasteiger partial charge is 0.305 e. The number of carbonyl (C=O) groups excluding carboxylic acids is 1. The molecule has 1 rings (SSSR count). The Kier molecular flexibility index (Phi) is 5.22. The van der Waals surface area contributed by atoms with Gasteiger partial charge in [-0.15, -0.1) is 0 Å². The Hall–Kier alpha value is -1.29. The quantitative estimate of drug-likeness (QED) is 0.563. The highest BCUT2D eigenvalue weighted by Gasteiger charge is 2.20. The monoisotopic (exact) mass is 238 g/mol. The molecule has 0 unspecified atom stereocenters. The fourth-order valence-corrected chi connectivity index (χ4v) is 1.71. The van der Waals surface area contributed by atoms with Crippen LogP contribution >= 0.6 is 0 Å². The Morgan fingerprint density at radius 3 is 2.88 bits per heavy atom. The molecule has 0 aliphatic carbocycles. The van der Waals surface area contributed by atoms with Crippen molar-refractivity contribution in [1.29, 1.82) is 0 Å². The highest BCUT2D eigenvalue weighted by Crippen LogP contribution is 2.19. The molecule has 0 saturated heterocycles. The number of aromatic amines is 1. The molecule has 2 N–H and O–H groups in total. The molecule has 0 radical (unpaired) electrons. The minimum absolute atomic E-state index is 0.0781. The Labute approximate surface area is 103 Å². The maximum atomic E-state index is 10.9. The van der Waals surface area contributed by atoms with Crippen molar-refractivity contribution in [3.63, 3.8) is 0 Å². The van der Waals surface area contributed by atoms with Crippen LogP contribution in [0.3, 0.4) is 0 Å². The molecule has 0 aromatic carbocycles. The average Bonchev–Trinajstić information content (AvgIpc) is 2.82. The maximum absolute atomic E-state index is 10.9. The molecule has 4 nitrogen and oxygen atoms in total. The third kappa shape index (κ3) is 4.61. The van der Waals surface area contributed by atoms with E-state index in [0.717, 1.165) is 19.5 Å². The summed E-state index contributed by atoms with van der Waals surface area (Å²) in [5.74, 6) is -0.143. The molecule has 17 heavy (non-hydrogen) atoms. The number of rotatable bonds is 7. The van der Waals surface area contributed by atoms with Crippen molar-refractivity contribution in [2.75, 3.05) is 20.2 Å². The summed E-state index contributed by atoms with van der Waals surface area (Å²) in [7, 11) is 1.42.